The fourth-order valence-electron chi connectivity index (χ4n) is 4.52. The number of hydrogen-bond donors (Lipinski definition) is 4. The summed E-state index contributed by atoms with van der Waals surface area (Å²) in [6, 6.07) is 2.25. The van der Waals surface area contributed by atoms with Crippen LogP contribution in [0.4, 0.5) is 0 Å². The number of esters is 1. The molecule has 0 spiro atoms. The Labute approximate surface area is 209 Å². The van der Waals surface area contributed by atoms with Gasteiger partial charge in [-0.25, -0.2) is 0 Å². The number of ether oxygens (including phenoxy) is 1. The van der Waals surface area contributed by atoms with Crippen molar-refractivity contribution in [3.8, 4) is 0 Å². The summed E-state index contributed by atoms with van der Waals surface area (Å²) >= 11 is 1.31. The van der Waals surface area contributed by atoms with E-state index in [2.05, 4.69) is 15.8 Å². The second-order valence-corrected chi connectivity index (χ2v) is 10.3. The number of hydrogen-bond acceptors (Lipinski definition) is 8. The molecule has 10 nitrogen and oxygen atoms in total. The fourth-order valence-corrected chi connectivity index (χ4v) is 5.36. The van der Waals surface area contributed by atoms with Gasteiger partial charge in [0.05, 0.1) is 30.1 Å². The van der Waals surface area contributed by atoms with Crippen molar-refractivity contribution in [3.63, 3.8) is 0 Å². The average molecular weight is 506 g/mol. The molecular weight excluding hydrogens is 470 g/mol. The van der Waals surface area contributed by atoms with E-state index in [9.17, 15) is 14.4 Å². The number of nitrogens with two attached hydrogens (primary N) is 1. The molecule has 1 fully saturated rings. The maximum Gasteiger partial charge on any atom is 0.320 e. The van der Waals surface area contributed by atoms with Crippen molar-refractivity contribution in [1.29, 1.82) is 0 Å². The Morgan fingerprint density at radius 2 is 2.00 bits per heavy atom. The predicted molar refractivity (Wildman–Crippen MR) is 133 cm³/mol. The Balaban J connectivity index is 1.64. The lowest BCUT2D eigenvalue weighted by atomic mass is 9.83. The molecule has 11 heteroatoms. The molecule has 0 aromatic carbocycles. The molecule has 1 aromatic heterocycles. The van der Waals surface area contributed by atoms with Gasteiger partial charge in [-0.1, -0.05) is 36.6 Å². The summed E-state index contributed by atoms with van der Waals surface area (Å²) < 4.78 is 5.22. The van der Waals surface area contributed by atoms with Gasteiger partial charge in [-0.05, 0) is 44.7 Å². The molecule has 3 rings (SSSR count). The molecule has 2 atom stereocenters. The third-order valence-electron chi connectivity index (χ3n) is 6.19. The minimum atomic E-state index is -0.721. The first-order valence-electron chi connectivity index (χ1n) is 12.0. The van der Waals surface area contributed by atoms with Gasteiger partial charge in [-0.2, -0.15) is 0 Å². The van der Waals surface area contributed by atoms with Gasteiger partial charge in [0.1, 0.15) is 6.04 Å². The van der Waals surface area contributed by atoms with Crippen molar-refractivity contribution in [3.05, 3.63) is 34.0 Å². The maximum atomic E-state index is 13.6. The van der Waals surface area contributed by atoms with Crippen molar-refractivity contribution in [2.75, 3.05) is 13.1 Å². The Bertz CT molecular complexity index is 954. The smallest absolute Gasteiger partial charge is 0.320 e. The number of amides is 2. The second-order valence-electron chi connectivity index (χ2n) is 9.13. The number of thiophene rings is 1. The van der Waals surface area contributed by atoms with Crippen LogP contribution < -0.4 is 16.4 Å². The first-order chi connectivity index (χ1) is 16.8. The van der Waals surface area contributed by atoms with Crippen molar-refractivity contribution in [2.45, 2.75) is 70.7 Å². The number of amidine groups is 1. The topological polar surface area (TPSA) is 146 Å². The maximum absolute atomic E-state index is 13.6. The summed E-state index contributed by atoms with van der Waals surface area (Å²) in [4.78, 5) is 41.7. The highest BCUT2D eigenvalue weighted by molar-refractivity contribution is 7.14. The van der Waals surface area contributed by atoms with Gasteiger partial charge in [0.25, 0.3) is 0 Å². The number of nitrogens with zero attached hydrogens (tertiary/aromatic N) is 2. The van der Waals surface area contributed by atoms with Gasteiger partial charge < -0.3 is 25.9 Å². The second kappa shape index (κ2) is 12.7. The Morgan fingerprint density at radius 3 is 2.69 bits per heavy atom. The largest absolute Gasteiger partial charge is 0.462 e. The number of carbonyl (C=O) groups excluding carboxylic acids is 3. The normalized spacial score (nSPS) is 19.7. The average Bonchev–Trinajstić information content (AvgIpc) is 3.52. The fraction of sp³-hybridized carbons (Fsp3) is 0.583. The summed E-state index contributed by atoms with van der Waals surface area (Å²) in [6.07, 6.45) is 8.36. The lowest BCUT2D eigenvalue weighted by molar-refractivity contribution is -0.147. The van der Waals surface area contributed by atoms with Gasteiger partial charge in [0.2, 0.25) is 11.8 Å². The molecule has 1 saturated carbocycles. The number of oxime groups is 1. The zero-order chi connectivity index (χ0) is 25.4. The van der Waals surface area contributed by atoms with Gasteiger partial charge in [-0.15, -0.1) is 11.3 Å². The highest BCUT2D eigenvalue weighted by Gasteiger charge is 2.38. The number of nitrogens with one attached hydrogen (secondary N) is 2. The standard InChI is InChI=1S/C24H35N5O5S/c1-15(2)34-20(30)14-26-21(16-7-4-3-5-8-16)24(32)29-12-6-9-18(29)23(31)27-13-17-10-11-19(35-17)22(25)28-33/h6,9-11,15-16,18,21,26,33H,3-5,7-8,12-14H2,1-2H3,(H2,25,28)(H,27,31)/t18?,21-/m0/s1. The Morgan fingerprint density at radius 1 is 1.26 bits per heavy atom. The summed E-state index contributed by atoms with van der Waals surface area (Å²) in [5, 5.41) is 17.8. The van der Waals surface area contributed by atoms with Crippen LogP contribution in [0.2, 0.25) is 0 Å². The highest BCUT2D eigenvalue weighted by atomic mass is 32.1. The molecule has 35 heavy (non-hydrogen) atoms. The molecule has 1 aliphatic carbocycles. The van der Waals surface area contributed by atoms with Crippen molar-refractivity contribution < 1.29 is 24.3 Å². The van der Waals surface area contributed by atoms with Crippen LogP contribution in [0.3, 0.4) is 0 Å². The zero-order valence-electron chi connectivity index (χ0n) is 20.2. The van der Waals surface area contributed by atoms with Crippen molar-refractivity contribution in [2.24, 2.45) is 16.8 Å². The van der Waals surface area contributed by atoms with Crippen LogP contribution in [0, 0.1) is 5.92 Å². The van der Waals surface area contributed by atoms with E-state index < -0.39 is 18.1 Å². The molecule has 1 unspecified atom stereocenters. The van der Waals surface area contributed by atoms with Crippen LogP contribution >= 0.6 is 11.3 Å². The highest BCUT2D eigenvalue weighted by Crippen LogP contribution is 2.28. The quantitative estimate of drug-likeness (QED) is 0.0945. The predicted octanol–water partition coefficient (Wildman–Crippen LogP) is 1.72. The molecule has 2 aliphatic rings. The molecule has 1 aliphatic heterocycles. The molecule has 5 N–H and O–H groups in total. The number of carbonyl (C=O) groups is 3. The molecule has 0 radical (unpaired) electrons. The van der Waals surface area contributed by atoms with Crippen molar-refractivity contribution >= 4 is 35.0 Å². The molecule has 2 amide bonds. The Kier molecular flexibility index (Phi) is 9.67. The van der Waals surface area contributed by atoms with Crippen molar-refractivity contribution in [1.82, 2.24) is 15.5 Å². The van der Waals surface area contributed by atoms with Crippen LogP contribution in [-0.4, -0.2) is 65.0 Å². The molecule has 2 heterocycles. The van der Waals surface area contributed by atoms with Gasteiger partial charge in [-0.3, -0.25) is 19.7 Å². The van der Waals surface area contributed by atoms with E-state index in [-0.39, 0.29) is 42.8 Å². The summed E-state index contributed by atoms with van der Waals surface area (Å²) in [5.41, 5.74) is 5.61. The first kappa shape index (κ1) is 26.7. The van der Waals surface area contributed by atoms with Crippen LogP contribution in [0.1, 0.15) is 55.7 Å². The minimum absolute atomic E-state index is 0.0154. The molecule has 0 saturated heterocycles. The van der Waals surface area contributed by atoms with E-state index in [0.717, 1.165) is 37.0 Å². The Hall–Kier alpha value is -2.92. The number of rotatable bonds is 10. The summed E-state index contributed by atoms with van der Waals surface area (Å²) in [5.74, 6) is -0.737. The van der Waals surface area contributed by atoms with E-state index in [1.807, 2.05) is 6.08 Å². The van der Waals surface area contributed by atoms with Crippen LogP contribution in [0.15, 0.2) is 29.4 Å². The van der Waals surface area contributed by atoms with E-state index in [0.29, 0.717) is 11.4 Å². The summed E-state index contributed by atoms with van der Waals surface area (Å²) in [7, 11) is 0. The van der Waals surface area contributed by atoms with Gasteiger partial charge >= 0.3 is 5.97 Å². The van der Waals surface area contributed by atoms with E-state index in [4.69, 9.17) is 15.7 Å². The SMILES string of the molecule is CC(C)OC(=O)CN[C@H](C(=O)N1CC=CC1C(=O)NCc1ccc(/C(N)=N/O)s1)C1CCCCC1. The molecule has 0 bridgehead atoms. The lowest BCUT2D eigenvalue weighted by Crippen LogP contribution is -2.56. The van der Waals surface area contributed by atoms with Gasteiger partial charge in [0, 0.05) is 11.4 Å². The van der Waals surface area contributed by atoms with Crippen LogP contribution in [0.5, 0.6) is 0 Å². The van der Waals surface area contributed by atoms with Crippen LogP contribution in [0.25, 0.3) is 0 Å². The minimum Gasteiger partial charge on any atom is -0.462 e. The third-order valence-corrected chi connectivity index (χ3v) is 7.30. The van der Waals surface area contributed by atoms with Gasteiger partial charge in [0.15, 0.2) is 5.84 Å². The van der Waals surface area contributed by atoms with E-state index >= 15 is 0 Å². The van der Waals surface area contributed by atoms with Crippen LogP contribution in [-0.2, 0) is 25.7 Å². The summed E-state index contributed by atoms with van der Waals surface area (Å²) in [6.45, 7) is 4.12. The zero-order valence-corrected chi connectivity index (χ0v) is 21.1. The monoisotopic (exact) mass is 505 g/mol. The molecular formula is C24H35N5O5S. The molecule has 192 valence electrons. The van der Waals surface area contributed by atoms with E-state index in [1.165, 1.54) is 11.3 Å². The van der Waals surface area contributed by atoms with E-state index in [1.54, 1.807) is 37.0 Å². The molecule has 1 aromatic rings. The first-order valence-corrected chi connectivity index (χ1v) is 12.9. The third kappa shape index (κ3) is 7.28. The lowest BCUT2D eigenvalue weighted by Gasteiger charge is -2.34.